The number of esters is 1. The lowest BCUT2D eigenvalue weighted by atomic mass is 9.75. The van der Waals surface area contributed by atoms with E-state index in [1.165, 1.54) is 25.7 Å². The average Bonchev–Trinajstić information content (AvgIpc) is 3.20. The molecule has 2 saturated carbocycles. The van der Waals surface area contributed by atoms with Crippen LogP contribution in [0.5, 0.6) is 11.5 Å². The lowest BCUT2D eigenvalue weighted by Gasteiger charge is -2.33. The van der Waals surface area contributed by atoms with Gasteiger partial charge in [-0.2, -0.15) is 0 Å². The van der Waals surface area contributed by atoms with Gasteiger partial charge in [0.25, 0.3) is 0 Å². The molecule has 2 fully saturated rings. The van der Waals surface area contributed by atoms with Crippen LogP contribution >= 0.6 is 22.6 Å². The molecule has 4 atom stereocenters. The number of carbonyl (C=O) groups excluding carboxylic acids is 1. The molecule has 2 bridgehead atoms. The highest BCUT2D eigenvalue weighted by molar-refractivity contribution is 14.1. The molecule has 4 unspecified atom stereocenters. The molecule has 138 valence electrons. The zero-order valence-electron chi connectivity index (χ0n) is 15.0. The standard InChI is InChI=1S/C20H27IO4/c1-3-18(21)19(22)25-17-8-6-16(7-9-17)24-13-23-12-20(2)11-14-4-5-15(20)10-14/h6-9,14-15,18H,3-5,10-13H2,1-2H3. The van der Waals surface area contributed by atoms with E-state index in [1.807, 2.05) is 6.92 Å². The van der Waals surface area contributed by atoms with Crippen molar-refractivity contribution in [2.45, 2.75) is 49.9 Å². The van der Waals surface area contributed by atoms with Crippen LogP contribution in [0.3, 0.4) is 0 Å². The van der Waals surface area contributed by atoms with Crippen LogP contribution in [0.2, 0.25) is 0 Å². The topological polar surface area (TPSA) is 44.8 Å². The number of ether oxygens (including phenoxy) is 3. The van der Waals surface area contributed by atoms with Gasteiger partial charge in [0.1, 0.15) is 15.4 Å². The molecule has 0 aromatic heterocycles. The molecule has 0 spiro atoms. The van der Waals surface area contributed by atoms with Crippen LogP contribution in [-0.2, 0) is 9.53 Å². The van der Waals surface area contributed by atoms with E-state index in [9.17, 15) is 4.79 Å². The molecule has 1 aromatic carbocycles. The van der Waals surface area contributed by atoms with Crippen molar-refractivity contribution in [3.63, 3.8) is 0 Å². The second-order valence-corrected chi connectivity index (χ2v) is 9.12. The summed E-state index contributed by atoms with van der Waals surface area (Å²) in [5.41, 5.74) is 0.333. The Labute approximate surface area is 163 Å². The van der Waals surface area contributed by atoms with Crippen LogP contribution in [0.25, 0.3) is 0 Å². The Morgan fingerprint density at radius 1 is 1.28 bits per heavy atom. The van der Waals surface area contributed by atoms with Crippen molar-refractivity contribution in [1.82, 2.24) is 0 Å². The predicted molar refractivity (Wildman–Crippen MR) is 105 cm³/mol. The highest BCUT2D eigenvalue weighted by atomic mass is 127. The van der Waals surface area contributed by atoms with Crippen LogP contribution in [0.4, 0.5) is 0 Å². The summed E-state index contributed by atoms with van der Waals surface area (Å²) in [6, 6.07) is 7.12. The largest absolute Gasteiger partial charge is 0.468 e. The van der Waals surface area contributed by atoms with Crippen LogP contribution in [0.15, 0.2) is 24.3 Å². The van der Waals surface area contributed by atoms with Gasteiger partial charge in [0.2, 0.25) is 0 Å². The number of fused-ring (bicyclic) bond motifs is 2. The van der Waals surface area contributed by atoms with E-state index < -0.39 is 0 Å². The summed E-state index contributed by atoms with van der Waals surface area (Å²) in [6.45, 7) is 5.36. The number of benzene rings is 1. The van der Waals surface area contributed by atoms with Crippen molar-refractivity contribution in [2.24, 2.45) is 17.3 Å². The summed E-state index contributed by atoms with van der Waals surface area (Å²) >= 11 is 2.10. The summed E-state index contributed by atoms with van der Waals surface area (Å²) in [6.07, 6.45) is 6.22. The van der Waals surface area contributed by atoms with E-state index in [4.69, 9.17) is 14.2 Å². The van der Waals surface area contributed by atoms with Gasteiger partial charge in [-0.15, -0.1) is 0 Å². The molecule has 25 heavy (non-hydrogen) atoms. The lowest BCUT2D eigenvalue weighted by molar-refractivity contribution is -0.133. The van der Waals surface area contributed by atoms with Gasteiger partial charge < -0.3 is 14.2 Å². The van der Waals surface area contributed by atoms with Gasteiger partial charge in [0.05, 0.1) is 6.61 Å². The van der Waals surface area contributed by atoms with Gasteiger partial charge in [0, 0.05) is 0 Å². The summed E-state index contributed by atoms with van der Waals surface area (Å²) in [7, 11) is 0. The Morgan fingerprint density at radius 2 is 2.00 bits per heavy atom. The van der Waals surface area contributed by atoms with Crippen LogP contribution in [0.1, 0.15) is 46.0 Å². The maximum atomic E-state index is 11.8. The maximum Gasteiger partial charge on any atom is 0.324 e. The molecular weight excluding hydrogens is 431 g/mol. The molecule has 0 radical (unpaired) electrons. The normalized spacial score (nSPS) is 28.8. The first-order chi connectivity index (χ1) is 12.0. The molecule has 3 rings (SSSR count). The number of hydrogen-bond acceptors (Lipinski definition) is 4. The highest BCUT2D eigenvalue weighted by Gasteiger charge is 2.47. The Balaban J connectivity index is 1.39. The molecule has 4 nitrogen and oxygen atoms in total. The van der Waals surface area contributed by atoms with Crippen LogP contribution < -0.4 is 9.47 Å². The number of halogens is 1. The second kappa shape index (κ2) is 8.25. The molecule has 2 aliphatic carbocycles. The van der Waals surface area contributed by atoms with Gasteiger partial charge in [-0.3, -0.25) is 4.79 Å². The molecule has 0 amide bonds. The summed E-state index contributed by atoms with van der Waals surface area (Å²) < 4.78 is 16.7. The molecule has 0 saturated heterocycles. The summed E-state index contributed by atoms with van der Waals surface area (Å²) in [5, 5.41) is 0. The number of rotatable bonds is 8. The van der Waals surface area contributed by atoms with Gasteiger partial charge in [-0.05, 0) is 67.2 Å². The zero-order chi connectivity index (χ0) is 17.9. The van der Waals surface area contributed by atoms with E-state index in [2.05, 4.69) is 29.5 Å². The molecule has 0 aliphatic heterocycles. The Hall–Kier alpha value is -0.820. The van der Waals surface area contributed by atoms with Crippen molar-refractivity contribution < 1.29 is 19.0 Å². The third-order valence-corrected chi connectivity index (χ3v) is 7.07. The van der Waals surface area contributed by atoms with Gasteiger partial charge in [-0.1, -0.05) is 42.9 Å². The second-order valence-electron chi connectivity index (χ2n) is 7.61. The van der Waals surface area contributed by atoms with E-state index >= 15 is 0 Å². The Kier molecular flexibility index (Phi) is 6.25. The SMILES string of the molecule is CCC(I)C(=O)Oc1ccc(OCOCC2(C)CC3CCC2C3)cc1. The quantitative estimate of drug-likeness (QED) is 0.138. The first-order valence-electron chi connectivity index (χ1n) is 9.16. The fraction of sp³-hybridized carbons (Fsp3) is 0.650. The maximum absolute atomic E-state index is 11.8. The van der Waals surface area contributed by atoms with E-state index in [0.29, 0.717) is 11.2 Å². The Morgan fingerprint density at radius 3 is 2.60 bits per heavy atom. The Bertz CT molecular complexity index is 588. The van der Waals surface area contributed by atoms with Gasteiger partial charge >= 0.3 is 5.97 Å². The minimum atomic E-state index is -0.209. The van der Waals surface area contributed by atoms with Crippen molar-refractivity contribution in [3.05, 3.63) is 24.3 Å². The van der Waals surface area contributed by atoms with E-state index in [1.54, 1.807) is 24.3 Å². The smallest absolute Gasteiger partial charge is 0.324 e. The van der Waals surface area contributed by atoms with Gasteiger partial charge in [0.15, 0.2) is 6.79 Å². The third kappa shape index (κ3) is 4.67. The number of alkyl halides is 1. The molecule has 0 heterocycles. The molecule has 1 aromatic rings. The monoisotopic (exact) mass is 458 g/mol. The van der Waals surface area contributed by atoms with Crippen molar-refractivity contribution in [3.8, 4) is 11.5 Å². The van der Waals surface area contributed by atoms with Crippen LogP contribution in [0, 0.1) is 17.3 Å². The van der Waals surface area contributed by atoms with Crippen molar-refractivity contribution >= 4 is 28.6 Å². The first-order valence-corrected chi connectivity index (χ1v) is 10.4. The minimum Gasteiger partial charge on any atom is -0.468 e. The molecule has 0 N–H and O–H groups in total. The minimum absolute atomic E-state index is 0.117. The number of carbonyl (C=O) groups is 1. The van der Waals surface area contributed by atoms with Gasteiger partial charge in [-0.25, -0.2) is 0 Å². The third-order valence-electron chi connectivity index (χ3n) is 5.68. The number of hydrogen-bond donors (Lipinski definition) is 0. The molecular formula is C20H27IO4. The summed E-state index contributed by atoms with van der Waals surface area (Å²) in [4.78, 5) is 11.8. The van der Waals surface area contributed by atoms with E-state index in [0.717, 1.165) is 30.6 Å². The van der Waals surface area contributed by atoms with Crippen molar-refractivity contribution in [2.75, 3.05) is 13.4 Å². The first kappa shape index (κ1) is 19.0. The summed E-state index contributed by atoms with van der Waals surface area (Å²) in [5.74, 6) is 2.81. The molecule has 2 aliphatic rings. The van der Waals surface area contributed by atoms with Crippen molar-refractivity contribution in [1.29, 1.82) is 0 Å². The highest BCUT2D eigenvalue weighted by Crippen LogP contribution is 2.55. The zero-order valence-corrected chi connectivity index (χ0v) is 17.2. The fourth-order valence-corrected chi connectivity index (χ4v) is 4.36. The predicted octanol–water partition coefficient (Wildman–Crippen LogP) is 4.98. The van der Waals surface area contributed by atoms with Crippen LogP contribution in [-0.4, -0.2) is 23.3 Å². The lowest BCUT2D eigenvalue weighted by Crippen LogP contribution is -2.30. The molecule has 5 heteroatoms. The van der Waals surface area contributed by atoms with E-state index in [-0.39, 0.29) is 16.7 Å². The average molecular weight is 458 g/mol. The fourth-order valence-electron chi connectivity index (χ4n) is 4.23.